The van der Waals surface area contributed by atoms with Crippen LogP contribution in [0.1, 0.15) is 16.9 Å². The van der Waals surface area contributed by atoms with Crippen LogP contribution in [-0.2, 0) is 19.7 Å². The monoisotopic (exact) mass is 378 g/mol. The molecule has 1 saturated heterocycles. The van der Waals surface area contributed by atoms with Crippen molar-refractivity contribution < 1.29 is 36.6 Å². The van der Waals surface area contributed by atoms with Crippen molar-refractivity contribution in [2.75, 3.05) is 33.4 Å². The Morgan fingerprint density at radius 3 is 2.92 bits per heavy atom. The van der Waals surface area contributed by atoms with Crippen molar-refractivity contribution in [1.82, 2.24) is 14.0 Å². The minimum Gasteiger partial charge on any atom is -0.416 e. The molecule has 1 aromatic heterocycles. The maximum atomic E-state index is 12.3. The Morgan fingerprint density at radius 2 is 2.24 bits per heavy atom. The number of nitrogens with zero attached hydrogens (tertiary/aromatic N) is 2. The normalized spacial score (nSPS) is 19.2. The maximum Gasteiger partial charge on any atom is 0.413 e. The minimum atomic E-state index is -4.11. The predicted molar refractivity (Wildman–Crippen MR) is 80.9 cm³/mol. The van der Waals surface area contributed by atoms with Crippen molar-refractivity contribution in [3.63, 3.8) is 0 Å². The van der Waals surface area contributed by atoms with Crippen molar-refractivity contribution in [1.29, 1.82) is 0 Å². The molecule has 3 N–H and O–H groups in total. The van der Waals surface area contributed by atoms with Crippen LogP contribution in [0.4, 0.5) is 4.79 Å². The lowest BCUT2D eigenvalue weighted by Gasteiger charge is -2.19. The quantitative estimate of drug-likeness (QED) is 0.621. The molecule has 0 spiro atoms. The van der Waals surface area contributed by atoms with Crippen LogP contribution in [0, 0.1) is 0 Å². The van der Waals surface area contributed by atoms with E-state index in [9.17, 15) is 18.0 Å². The van der Waals surface area contributed by atoms with Gasteiger partial charge in [0.25, 0.3) is 5.91 Å². The first kappa shape index (κ1) is 19.1. The Kier molecular flexibility index (Phi) is 6.30. The van der Waals surface area contributed by atoms with Gasteiger partial charge in [0.15, 0.2) is 5.69 Å². The van der Waals surface area contributed by atoms with Gasteiger partial charge in [-0.15, -0.1) is 0 Å². The fourth-order valence-corrected chi connectivity index (χ4v) is 3.22. The summed E-state index contributed by atoms with van der Waals surface area (Å²) in [6, 6.07) is 0. The zero-order chi connectivity index (χ0) is 18.4. The largest absolute Gasteiger partial charge is 0.416 e. The van der Waals surface area contributed by atoms with Gasteiger partial charge in [0.05, 0.1) is 19.3 Å². The second-order valence-corrected chi connectivity index (χ2v) is 6.66. The number of aromatic nitrogens is 1. The number of nitrogens with one attached hydrogen (secondary N) is 1. The molecule has 1 aromatic rings. The van der Waals surface area contributed by atoms with Gasteiger partial charge in [-0.1, -0.05) is 0 Å². The van der Waals surface area contributed by atoms with Crippen LogP contribution < -0.4 is 15.2 Å². The van der Waals surface area contributed by atoms with Gasteiger partial charge < -0.3 is 24.4 Å². The Bertz CT molecular complexity index is 718. The summed E-state index contributed by atoms with van der Waals surface area (Å²) in [6.07, 6.45) is -0.713. The lowest BCUT2D eigenvalue weighted by Crippen LogP contribution is -2.44. The summed E-state index contributed by atoms with van der Waals surface area (Å²) in [5.41, 5.74) is 4.39. The fraction of sp³-hybridized carbons (Fsp3) is 0.583. The zero-order valence-corrected chi connectivity index (χ0v) is 14.2. The van der Waals surface area contributed by atoms with E-state index in [4.69, 9.17) is 15.2 Å². The maximum absolute atomic E-state index is 12.3. The Balaban J connectivity index is 1.99. The van der Waals surface area contributed by atoms with Gasteiger partial charge in [0, 0.05) is 20.2 Å². The molecule has 0 aromatic carbocycles. The van der Waals surface area contributed by atoms with Crippen molar-refractivity contribution in [3.8, 4) is 6.08 Å². The molecule has 25 heavy (non-hydrogen) atoms. The molecule has 2 amide bonds. The molecule has 1 aliphatic heterocycles. The number of rotatable bonds is 6. The molecule has 1 aliphatic rings. The molecule has 0 bridgehead atoms. The number of nitrogens with two attached hydrogens (primary N) is 1. The number of carbonyl (C=O) groups excluding carboxylic acids is 2. The summed E-state index contributed by atoms with van der Waals surface area (Å²) in [5.74, 6) is -1.04. The van der Waals surface area contributed by atoms with Gasteiger partial charge >= 0.3 is 22.4 Å². The average Bonchev–Trinajstić information content (AvgIpc) is 2.84. The topological polar surface area (TPSA) is 163 Å². The van der Waals surface area contributed by atoms with Gasteiger partial charge in [-0.25, -0.2) is 9.52 Å². The molecule has 0 radical (unpaired) electrons. The van der Waals surface area contributed by atoms with Crippen molar-refractivity contribution in [3.05, 3.63) is 12.0 Å². The molecule has 1 unspecified atom stereocenters. The number of ether oxygens (including phenoxy) is 3. The molecule has 140 valence electrons. The average molecular weight is 378 g/mol. The SMILES string of the molecule is COCC1CCN(S(=O)(=O)NC(=O)c2coc(OC(N)=O)n2)CCO1. The van der Waals surface area contributed by atoms with Gasteiger partial charge in [-0.05, 0) is 6.42 Å². The van der Waals surface area contributed by atoms with E-state index in [1.54, 1.807) is 0 Å². The molecule has 13 heteroatoms. The van der Waals surface area contributed by atoms with Crippen molar-refractivity contribution >= 4 is 22.2 Å². The smallest absolute Gasteiger partial charge is 0.413 e. The van der Waals surface area contributed by atoms with E-state index in [1.165, 1.54) is 7.11 Å². The van der Waals surface area contributed by atoms with E-state index in [-0.39, 0.29) is 31.5 Å². The van der Waals surface area contributed by atoms with Gasteiger partial charge in [0.2, 0.25) is 0 Å². The van der Waals surface area contributed by atoms with E-state index in [0.717, 1.165) is 10.6 Å². The van der Waals surface area contributed by atoms with E-state index in [1.807, 2.05) is 4.72 Å². The summed E-state index contributed by atoms with van der Waals surface area (Å²) >= 11 is 0. The summed E-state index contributed by atoms with van der Waals surface area (Å²) < 4.78 is 47.0. The summed E-state index contributed by atoms with van der Waals surface area (Å²) in [6.45, 7) is 0.759. The molecule has 1 atom stereocenters. The lowest BCUT2D eigenvalue weighted by molar-refractivity contribution is 0.00560. The highest BCUT2D eigenvalue weighted by Gasteiger charge is 2.29. The van der Waals surface area contributed by atoms with Crippen LogP contribution in [0.25, 0.3) is 0 Å². The third-order valence-corrected chi connectivity index (χ3v) is 4.70. The Hall–Kier alpha value is -2.22. The Morgan fingerprint density at radius 1 is 1.48 bits per heavy atom. The third-order valence-electron chi connectivity index (χ3n) is 3.21. The highest BCUT2D eigenvalue weighted by atomic mass is 32.2. The molecule has 12 nitrogen and oxygen atoms in total. The van der Waals surface area contributed by atoms with Crippen molar-refractivity contribution in [2.24, 2.45) is 5.73 Å². The standard InChI is InChI=1S/C12H18N4O8S/c1-21-6-8-2-3-16(4-5-22-8)25(19,20)15-10(17)9-7-23-12(14-9)24-11(13)18/h7-8H,2-6H2,1H3,(H2,13,18)(H,15,17). The number of amides is 2. The van der Waals surface area contributed by atoms with Crippen molar-refractivity contribution in [2.45, 2.75) is 12.5 Å². The molecular formula is C12H18N4O8S. The second kappa shape index (κ2) is 8.24. The molecule has 2 rings (SSSR count). The van der Waals surface area contributed by atoms with Crippen LogP contribution in [0.15, 0.2) is 10.7 Å². The third kappa shape index (κ3) is 5.38. The summed E-state index contributed by atoms with van der Waals surface area (Å²) in [5, 5.41) is 0. The highest BCUT2D eigenvalue weighted by molar-refractivity contribution is 7.87. The molecule has 1 fully saturated rings. The number of hydrogen-bond donors (Lipinski definition) is 2. The number of primary amides is 1. The van der Waals surface area contributed by atoms with Crippen LogP contribution in [-0.4, -0.2) is 69.2 Å². The zero-order valence-electron chi connectivity index (χ0n) is 13.3. The summed E-state index contributed by atoms with van der Waals surface area (Å²) in [4.78, 5) is 26.1. The molecule has 2 heterocycles. The Labute approximate surface area is 143 Å². The molecule has 0 aliphatic carbocycles. The highest BCUT2D eigenvalue weighted by Crippen LogP contribution is 2.13. The van der Waals surface area contributed by atoms with Gasteiger partial charge in [0.1, 0.15) is 6.26 Å². The van der Waals surface area contributed by atoms with Crippen LogP contribution in [0.5, 0.6) is 6.08 Å². The minimum absolute atomic E-state index is 0.0810. The first-order chi connectivity index (χ1) is 11.8. The molecular weight excluding hydrogens is 360 g/mol. The van der Waals surface area contributed by atoms with Crippen LogP contribution in [0.3, 0.4) is 0 Å². The molecule has 0 saturated carbocycles. The van der Waals surface area contributed by atoms with E-state index < -0.39 is 28.3 Å². The predicted octanol–water partition coefficient (Wildman–Crippen LogP) is -1.16. The van der Waals surface area contributed by atoms with Gasteiger partial charge in [-0.2, -0.15) is 17.7 Å². The second-order valence-electron chi connectivity index (χ2n) is 4.99. The number of oxazole rings is 1. The summed E-state index contributed by atoms with van der Waals surface area (Å²) in [7, 11) is -2.58. The number of carbonyl (C=O) groups is 2. The fourth-order valence-electron chi connectivity index (χ4n) is 2.09. The van der Waals surface area contributed by atoms with E-state index in [2.05, 4.69) is 14.1 Å². The van der Waals surface area contributed by atoms with Crippen LogP contribution >= 0.6 is 0 Å². The first-order valence-corrected chi connectivity index (χ1v) is 8.61. The van der Waals surface area contributed by atoms with E-state index >= 15 is 0 Å². The van der Waals surface area contributed by atoms with Gasteiger partial charge in [-0.3, -0.25) is 4.79 Å². The lowest BCUT2D eigenvalue weighted by atomic mass is 10.3. The number of hydrogen-bond acceptors (Lipinski definition) is 9. The van der Waals surface area contributed by atoms with Crippen LogP contribution in [0.2, 0.25) is 0 Å². The van der Waals surface area contributed by atoms with E-state index in [0.29, 0.717) is 13.0 Å². The number of methoxy groups -OCH3 is 1. The first-order valence-electron chi connectivity index (χ1n) is 7.17.